The van der Waals surface area contributed by atoms with Gasteiger partial charge in [0.1, 0.15) is 11.6 Å². The maximum absolute atomic E-state index is 13.4. The fourth-order valence-electron chi connectivity index (χ4n) is 1.83. The summed E-state index contributed by atoms with van der Waals surface area (Å²) in [5.74, 6) is -3.90. The second-order valence-corrected chi connectivity index (χ2v) is 6.51. The zero-order chi connectivity index (χ0) is 18.6. The third-order valence-electron chi connectivity index (χ3n) is 3.09. The second kappa shape index (κ2) is 7.36. The second-order valence-electron chi connectivity index (χ2n) is 4.95. The summed E-state index contributed by atoms with van der Waals surface area (Å²) in [5, 5.41) is 9.17. The van der Waals surface area contributed by atoms with E-state index in [9.17, 15) is 26.8 Å². The van der Waals surface area contributed by atoms with E-state index in [4.69, 9.17) is 5.14 Å². The first kappa shape index (κ1) is 18.5. The molecule has 2 aromatic carbocycles. The number of hydrogen-bond donors (Lipinski definition) is 3. The monoisotopic (exact) mass is 369 g/mol. The van der Waals surface area contributed by atoms with Crippen LogP contribution < -0.4 is 15.8 Å². The van der Waals surface area contributed by atoms with Crippen molar-refractivity contribution in [3.63, 3.8) is 0 Å². The molecule has 0 fully saturated rings. The predicted octanol–water partition coefficient (Wildman–Crippen LogP) is 0.867. The summed E-state index contributed by atoms with van der Waals surface area (Å²) >= 11 is 0. The number of nitrogens with two attached hydrogens (primary N) is 1. The van der Waals surface area contributed by atoms with Gasteiger partial charge in [-0.05, 0) is 29.8 Å². The SMILES string of the molecule is NS(=O)(=O)c1ccc(CNC(=O)C(=O)Nc2cc(F)ccc2F)cc1. The van der Waals surface area contributed by atoms with Gasteiger partial charge in [-0.3, -0.25) is 9.59 Å². The van der Waals surface area contributed by atoms with Crippen LogP contribution in [0.1, 0.15) is 5.56 Å². The number of rotatable bonds is 4. The van der Waals surface area contributed by atoms with E-state index in [0.29, 0.717) is 5.56 Å². The van der Waals surface area contributed by atoms with Gasteiger partial charge < -0.3 is 10.6 Å². The molecule has 4 N–H and O–H groups in total. The van der Waals surface area contributed by atoms with Gasteiger partial charge in [-0.15, -0.1) is 0 Å². The van der Waals surface area contributed by atoms with Crippen LogP contribution >= 0.6 is 0 Å². The lowest BCUT2D eigenvalue weighted by molar-refractivity contribution is -0.136. The van der Waals surface area contributed by atoms with Gasteiger partial charge in [-0.1, -0.05) is 12.1 Å². The summed E-state index contributed by atoms with van der Waals surface area (Å²) in [6.07, 6.45) is 0. The third-order valence-corrected chi connectivity index (χ3v) is 4.02. The number of primary sulfonamides is 1. The molecule has 2 amide bonds. The molecule has 0 aliphatic rings. The Morgan fingerprint density at radius 3 is 2.24 bits per heavy atom. The summed E-state index contributed by atoms with van der Waals surface area (Å²) in [6, 6.07) is 7.74. The Morgan fingerprint density at radius 1 is 1.00 bits per heavy atom. The van der Waals surface area contributed by atoms with Gasteiger partial charge in [0.2, 0.25) is 10.0 Å². The number of benzene rings is 2. The minimum Gasteiger partial charge on any atom is -0.344 e. The van der Waals surface area contributed by atoms with E-state index in [1.165, 1.54) is 24.3 Å². The number of amides is 2. The summed E-state index contributed by atoms with van der Waals surface area (Å²) in [6.45, 7) is -0.0806. The molecule has 0 atom stereocenters. The van der Waals surface area contributed by atoms with Gasteiger partial charge in [-0.25, -0.2) is 22.3 Å². The lowest BCUT2D eigenvalue weighted by atomic mass is 10.2. The number of halogens is 2. The quantitative estimate of drug-likeness (QED) is 0.693. The molecule has 0 spiro atoms. The molecule has 0 saturated heterocycles. The van der Waals surface area contributed by atoms with Crippen molar-refractivity contribution < 1.29 is 26.8 Å². The first-order chi connectivity index (χ1) is 11.7. The maximum Gasteiger partial charge on any atom is 0.313 e. The van der Waals surface area contributed by atoms with Crippen molar-refractivity contribution in [1.82, 2.24) is 5.32 Å². The van der Waals surface area contributed by atoms with Gasteiger partial charge in [0, 0.05) is 12.6 Å². The number of nitrogens with one attached hydrogen (secondary N) is 2. The van der Waals surface area contributed by atoms with Crippen LogP contribution in [0.4, 0.5) is 14.5 Å². The van der Waals surface area contributed by atoms with Crippen LogP contribution in [-0.4, -0.2) is 20.2 Å². The molecule has 0 saturated carbocycles. The molecule has 2 aromatic rings. The number of carbonyl (C=O) groups excluding carboxylic acids is 2. The lowest BCUT2D eigenvalue weighted by Gasteiger charge is -2.08. The van der Waals surface area contributed by atoms with E-state index in [1.54, 1.807) is 0 Å². The molecule has 0 aliphatic carbocycles. The molecule has 132 valence electrons. The Morgan fingerprint density at radius 2 is 1.64 bits per heavy atom. The van der Waals surface area contributed by atoms with E-state index < -0.39 is 39.2 Å². The fourth-order valence-corrected chi connectivity index (χ4v) is 2.35. The van der Waals surface area contributed by atoms with Crippen LogP contribution in [-0.2, 0) is 26.2 Å². The summed E-state index contributed by atoms with van der Waals surface area (Å²) < 4.78 is 48.7. The molecule has 2 rings (SSSR count). The molecule has 0 aromatic heterocycles. The van der Waals surface area contributed by atoms with Crippen LogP contribution in [0.3, 0.4) is 0 Å². The highest BCUT2D eigenvalue weighted by Crippen LogP contribution is 2.15. The number of carbonyl (C=O) groups is 2. The topological polar surface area (TPSA) is 118 Å². The summed E-state index contributed by atoms with van der Waals surface area (Å²) in [4.78, 5) is 23.3. The molecular formula is C15H13F2N3O4S. The lowest BCUT2D eigenvalue weighted by Crippen LogP contribution is -2.35. The van der Waals surface area contributed by atoms with E-state index >= 15 is 0 Å². The average molecular weight is 369 g/mol. The largest absolute Gasteiger partial charge is 0.344 e. The van der Waals surface area contributed by atoms with E-state index in [1.807, 2.05) is 5.32 Å². The van der Waals surface area contributed by atoms with Gasteiger partial charge >= 0.3 is 11.8 Å². The van der Waals surface area contributed by atoms with E-state index in [-0.39, 0.29) is 11.4 Å². The number of hydrogen-bond acceptors (Lipinski definition) is 4. The molecule has 0 bridgehead atoms. The Labute approximate surface area is 141 Å². The standard InChI is InChI=1S/C15H13F2N3O4S/c16-10-3-6-12(17)13(7-10)20-15(22)14(21)19-8-9-1-4-11(5-2-9)25(18,23)24/h1-7H,8H2,(H,19,21)(H,20,22)(H2,18,23,24). The van der Waals surface area contributed by atoms with Crippen molar-refractivity contribution in [3.05, 3.63) is 59.7 Å². The van der Waals surface area contributed by atoms with Crippen molar-refractivity contribution in [3.8, 4) is 0 Å². The molecular weight excluding hydrogens is 356 g/mol. The number of anilines is 1. The highest BCUT2D eigenvalue weighted by atomic mass is 32.2. The molecule has 0 unspecified atom stereocenters. The van der Waals surface area contributed by atoms with Gasteiger partial charge in [0.05, 0.1) is 10.6 Å². The van der Waals surface area contributed by atoms with Crippen molar-refractivity contribution in [2.75, 3.05) is 5.32 Å². The summed E-state index contributed by atoms with van der Waals surface area (Å²) in [7, 11) is -3.82. The molecule has 25 heavy (non-hydrogen) atoms. The molecule has 10 heteroatoms. The summed E-state index contributed by atoms with van der Waals surface area (Å²) in [5.41, 5.74) is 0.0446. The van der Waals surface area contributed by atoms with Crippen LogP contribution in [0, 0.1) is 11.6 Å². The molecule has 0 aliphatic heterocycles. The molecule has 7 nitrogen and oxygen atoms in total. The Balaban J connectivity index is 1.95. The molecule has 0 heterocycles. The average Bonchev–Trinajstić information content (AvgIpc) is 2.55. The Hall–Kier alpha value is -2.85. The minimum atomic E-state index is -3.82. The minimum absolute atomic E-state index is 0.0806. The van der Waals surface area contributed by atoms with Crippen LogP contribution in [0.5, 0.6) is 0 Å². The van der Waals surface area contributed by atoms with Crippen LogP contribution in [0.25, 0.3) is 0 Å². The number of sulfonamides is 1. The van der Waals surface area contributed by atoms with E-state index in [0.717, 1.165) is 18.2 Å². The van der Waals surface area contributed by atoms with Gasteiger partial charge in [0.15, 0.2) is 0 Å². The normalized spacial score (nSPS) is 11.0. The maximum atomic E-state index is 13.4. The Bertz CT molecular complexity index is 915. The van der Waals surface area contributed by atoms with E-state index in [2.05, 4.69) is 5.32 Å². The Kier molecular flexibility index (Phi) is 5.45. The van der Waals surface area contributed by atoms with Gasteiger partial charge in [0.25, 0.3) is 0 Å². The fraction of sp³-hybridized carbons (Fsp3) is 0.0667. The van der Waals surface area contributed by atoms with Crippen LogP contribution in [0.2, 0.25) is 0 Å². The third kappa shape index (κ3) is 5.06. The first-order valence-corrected chi connectivity index (χ1v) is 8.37. The van der Waals surface area contributed by atoms with Crippen molar-refractivity contribution >= 4 is 27.5 Å². The first-order valence-electron chi connectivity index (χ1n) is 6.83. The smallest absolute Gasteiger partial charge is 0.313 e. The highest BCUT2D eigenvalue weighted by molar-refractivity contribution is 7.89. The highest BCUT2D eigenvalue weighted by Gasteiger charge is 2.16. The van der Waals surface area contributed by atoms with Crippen molar-refractivity contribution in [2.45, 2.75) is 11.4 Å². The van der Waals surface area contributed by atoms with Gasteiger partial charge in [-0.2, -0.15) is 0 Å². The van der Waals surface area contributed by atoms with Crippen molar-refractivity contribution in [1.29, 1.82) is 0 Å². The molecule has 0 radical (unpaired) electrons. The van der Waals surface area contributed by atoms with Crippen molar-refractivity contribution in [2.24, 2.45) is 5.14 Å². The zero-order valence-electron chi connectivity index (χ0n) is 12.6. The van der Waals surface area contributed by atoms with Crippen LogP contribution in [0.15, 0.2) is 47.4 Å². The zero-order valence-corrected chi connectivity index (χ0v) is 13.4. The predicted molar refractivity (Wildman–Crippen MR) is 84.6 cm³/mol.